The zero-order chi connectivity index (χ0) is 9.42. The van der Waals surface area contributed by atoms with E-state index in [1.165, 1.54) is 5.56 Å². The van der Waals surface area contributed by atoms with Gasteiger partial charge in [-0.15, -0.1) is 0 Å². The minimum absolute atomic E-state index is 0.157. The fourth-order valence-corrected chi connectivity index (χ4v) is 2.15. The third-order valence-electron chi connectivity index (χ3n) is 2.09. The summed E-state index contributed by atoms with van der Waals surface area (Å²) in [5, 5.41) is 0. The molecular weight excluding hydrogens is 228 g/mol. The summed E-state index contributed by atoms with van der Waals surface area (Å²) in [6.07, 6.45) is 2.23. The van der Waals surface area contributed by atoms with Crippen LogP contribution in [-0.4, -0.2) is 6.10 Å². The minimum atomic E-state index is 0.157. The van der Waals surface area contributed by atoms with Crippen LogP contribution >= 0.6 is 15.9 Å². The number of hydrogen-bond acceptors (Lipinski definition) is 1. The molecule has 13 heavy (non-hydrogen) atoms. The molecule has 0 saturated heterocycles. The number of benzene rings is 1. The van der Waals surface area contributed by atoms with Gasteiger partial charge in [-0.3, -0.25) is 0 Å². The number of hydrogen-bond donors (Lipinski definition) is 0. The monoisotopic (exact) mass is 238 g/mol. The molecule has 1 aliphatic heterocycles. The topological polar surface area (TPSA) is 9.23 Å². The molecule has 0 N–H and O–H groups in total. The Morgan fingerprint density at radius 3 is 2.92 bits per heavy atom. The second-order valence-corrected chi connectivity index (χ2v) is 4.19. The largest absolute Gasteiger partial charge is 0.486 e. The van der Waals surface area contributed by atoms with Gasteiger partial charge >= 0.3 is 0 Å². The Morgan fingerprint density at radius 2 is 2.15 bits per heavy atom. The average Bonchev–Trinajstić information content (AvgIpc) is 2.06. The van der Waals surface area contributed by atoms with Gasteiger partial charge in [-0.25, -0.2) is 0 Å². The Bertz CT molecular complexity index is 368. The van der Waals surface area contributed by atoms with Crippen molar-refractivity contribution in [2.45, 2.75) is 20.0 Å². The van der Waals surface area contributed by atoms with Crippen molar-refractivity contribution >= 4 is 20.4 Å². The molecule has 0 bridgehead atoms. The Labute approximate surface area is 86.5 Å². The normalized spacial score (nSPS) is 20.2. The van der Waals surface area contributed by atoms with Gasteiger partial charge in [0.15, 0.2) is 0 Å². The zero-order valence-electron chi connectivity index (χ0n) is 7.67. The van der Waals surface area contributed by atoms with Crippen LogP contribution in [0, 0.1) is 6.92 Å². The highest BCUT2D eigenvalue weighted by Crippen LogP contribution is 2.35. The van der Waals surface area contributed by atoms with Gasteiger partial charge in [0.2, 0.25) is 0 Å². The molecule has 1 aromatic rings. The van der Waals surface area contributed by atoms with Crippen LogP contribution < -0.4 is 4.74 Å². The van der Waals surface area contributed by atoms with E-state index in [0.29, 0.717) is 0 Å². The summed E-state index contributed by atoms with van der Waals surface area (Å²) in [5.74, 6) is 0.965. The molecule has 2 rings (SSSR count). The lowest BCUT2D eigenvalue weighted by Crippen LogP contribution is -2.13. The van der Waals surface area contributed by atoms with Gasteiger partial charge in [-0.05, 0) is 32.1 Å². The molecule has 1 aromatic carbocycles. The second-order valence-electron chi connectivity index (χ2n) is 3.34. The van der Waals surface area contributed by atoms with E-state index in [1.54, 1.807) is 0 Å². The SMILES string of the molecule is Cc1ccc2c(c1)C(Br)=CC(C)O2. The zero-order valence-corrected chi connectivity index (χ0v) is 9.26. The van der Waals surface area contributed by atoms with Crippen molar-refractivity contribution in [3.8, 4) is 5.75 Å². The van der Waals surface area contributed by atoms with E-state index in [4.69, 9.17) is 4.74 Å². The molecule has 68 valence electrons. The number of aryl methyl sites for hydroxylation is 1. The molecule has 0 aliphatic carbocycles. The molecule has 1 heterocycles. The predicted molar refractivity (Wildman–Crippen MR) is 58.2 cm³/mol. The molecule has 0 amide bonds. The van der Waals surface area contributed by atoms with Crippen LogP contribution in [0.1, 0.15) is 18.1 Å². The molecule has 2 heteroatoms. The number of rotatable bonds is 0. The fraction of sp³-hybridized carbons (Fsp3) is 0.273. The Balaban J connectivity index is 2.54. The Kier molecular flexibility index (Phi) is 2.16. The second kappa shape index (κ2) is 3.18. The summed E-state index contributed by atoms with van der Waals surface area (Å²) in [6.45, 7) is 4.11. The van der Waals surface area contributed by atoms with E-state index in [1.807, 2.05) is 13.0 Å². The van der Waals surface area contributed by atoms with Crippen molar-refractivity contribution in [1.82, 2.24) is 0 Å². The molecule has 0 saturated carbocycles. The summed E-state index contributed by atoms with van der Waals surface area (Å²) in [4.78, 5) is 0. The first kappa shape index (κ1) is 8.82. The first-order valence-corrected chi connectivity index (χ1v) is 5.11. The van der Waals surface area contributed by atoms with Crippen molar-refractivity contribution in [3.63, 3.8) is 0 Å². The maximum atomic E-state index is 5.65. The van der Waals surface area contributed by atoms with Crippen molar-refractivity contribution in [3.05, 3.63) is 35.4 Å². The van der Waals surface area contributed by atoms with Crippen molar-refractivity contribution < 1.29 is 4.74 Å². The van der Waals surface area contributed by atoms with Gasteiger partial charge in [0, 0.05) is 10.0 Å². The smallest absolute Gasteiger partial charge is 0.128 e. The first-order chi connectivity index (χ1) is 6.16. The van der Waals surface area contributed by atoms with Gasteiger partial charge in [0.25, 0.3) is 0 Å². The van der Waals surface area contributed by atoms with E-state index >= 15 is 0 Å². The van der Waals surface area contributed by atoms with Crippen LogP contribution in [0.4, 0.5) is 0 Å². The van der Waals surface area contributed by atoms with Gasteiger partial charge < -0.3 is 4.74 Å². The van der Waals surface area contributed by atoms with Gasteiger partial charge in [0.1, 0.15) is 11.9 Å². The third-order valence-corrected chi connectivity index (χ3v) is 2.78. The highest BCUT2D eigenvalue weighted by Gasteiger charge is 2.15. The Hall–Kier alpha value is -0.760. The molecule has 1 atom stereocenters. The predicted octanol–water partition coefficient (Wildman–Crippen LogP) is 3.51. The van der Waals surface area contributed by atoms with E-state index in [-0.39, 0.29) is 6.10 Å². The van der Waals surface area contributed by atoms with E-state index in [2.05, 4.69) is 41.1 Å². The molecule has 1 unspecified atom stereocenters. The lowest BCUT2D eigenvalue weighted by molar-refractivity contribution is 0.266. The van der Waals surface area contributed by atoms with Gasteiger partial charge in [0.05, 0.1) is 0 Å². The lowest BCUT2D eigenvalue weighted by atomic mass is 10.1. The highest BCUT2D eigenvalue weighted by molar-refractivity contribution is 9.15. The van der Waals surface area contributed by atoms with Crippen molar-refractivity contribution in [2.75, 3.05) is 0 Å². The Morgan fingerprint density at radius 1 is 1.38 bits per heavy atom. The highest BCUT2D eigenvalue weighted by atomic mass is 79.9. The molecule has 1 aliphatic rings. The first-order valence-electron chi connectivity index (χ1n) is 4.32. The number of fused-ring (bicyclic) bond motifs is 1. The minimum Gasteiger partial charge on any atom is -0.486 e. The molecule has 0 fully saturated rings. The lowest BCUT2D eigenvalue weighted by Gasteiger charge is -2.20. The van der Waals surface area contributed by atoms with E-state index in [0.717, 1.165) is 15.8 Å². The van der Waals surface area contributed by atoms with Crippen LogP contribution in [-0.2, 0) is 0 Å². The summed E-state index contributed by atoms with van der Waals surface area (Å²) >= 11 is 3.54. The summed E-state index contributed by atoms with van der Waals surface area (Å²) < 4.78 is 6.78. The van der Waals surface area contributed by atoms with Crippen LogP contribution in [0.3, 0.4) is 0 Å². The summed E-state index contributed by atoms with van der Waals surface area (Å²) in [6, 6.07) is 6.22. The summed E-state index contributed by atoms with van der Waals surface area (Å²) in [7, 11) is 0. The van der Waals surface area contributed by atoms with Gasteiger partial charge in [-0.2, -0.15) is 0 Å². The number of ether oxygens (including phenoxy) is 1. The maximum absolute atomic E-state index is 5.65. The summed E-state index contributed by atoms with van der Waals surface area (Å²) in [5.41, 5.74) is 2.40. The van der Waals surface area contributed by atoms with Crippen LogP contribution in [0.5, 0.6) is 5.75 Å². The molecular formula is C11H11BrO. The quantitative estimate of drug-likeness (QED) is 0.673. The number of halogens is 1. The van der Waals surface area contributed by atoms with Crippen molar-refractivity contribution in [2.24, 2.45) is 0 Å². The third kappa shape index (κ3) is 1.63. The molecule has 0 radical (unpaired) electrons. The van der Waals surface area contributed by atoms with Gasteiger partial charge in [-0.1, -0.05) is 27.6 Å². The standard InChI is InChI=1S/C11H11BrO/c1-7-3-4-11-9(5-7)10(12)6-8(2)13-11/h3-6,8H,1-2H3. The van der Waals surface area contributed by atoms with E-state index < -0.39 is 0 Å². The molecule has 0 spiro atoms. The molecule has 1 nitrogen and oxygen atoms in total. The van der Waals surface area contributed by atoms with Crippen molar-refractivity contribution in [1.29, 1.82) is 0 Å². The van der Waals surface area contributed by atoms with E-state index in [9.17, 15) is 0 Å². The van der Waals surface area contributed by atoms with Crippen LogP contribution in [0.25, 0.3) is 4.48 Å². The maximum Gasteiger partial charge on any atom is 0.128 e. The fourth-order valence-electron chi connectivity index (χ4n) is 1.46. The van der Waals surface area contributed by atoms with Crippen LogP contribution in [0.2, 0.25) is 0 Å². The van der Waals surface area contributed by atoms with Crippen LogP contribution in [0.15, 0.2) is 24.3 Å². The average molecular weight is 239 g/mol. The molecule has 0 aromatic heterocycles.